The Balaban J connectivity index is 1.42. The van der Waals surface area contributed by atoms with Crippen molar-refractivity contribution in [1.82, 2.24) is 24.6 Å². The zero-order valence-corrected chi connectivity index (χ0v) is 19.3. The summed E-state index contributed by atoms with van der Waals surface area (Å²) in [5.41, 5.74) is 1.88. The number of amides is 1. The molecule has 1 saturated heterocycles. The van der Waals surface area contributed by atoms with Crippen molar-refractivity contribution < 1.29 is 9.18 Å². The van der Waals surface area contributed by atoms with Gasteiger partial charge in [-0.3, -0.25) is 9.78 Å². The van der Waals surface area contributed by atoms with Crippen LogP contribution in [0, 0.1) is 11.7 Å². The Labute approximate surface area is 200 Å². The summed E-state index contributed by atoms with van der Waals surface area (Å²) in [6.07, 6.45) is 3.35. The van der Waals surface area contributed by atoms with Crippen LogP contribution in [0.1, 0.15) is 25.6 Å². The first-order chi connectivity index (χ1) is 16.4. The molecule has 5 rings (SSSR count). The number of aromatic amines is 1. The largest absolute Gasteiger partial charge is 0.348 e. The number of aromatic nitrogens is 4. The number of hydrogen-bond acceptors (Lipinski definition) is 4. The lowest BCUT2D eigenvalue weighted by molar-refractivity contribution is -0.129. The van der Waals surface area contributed by atoms with Gasteiger partial charge in [0.25, 0.3) is 0 Å². The van der Waals surface area contributed by atoms with Gasteiger partial charge in [0.2, 0.25) is 5.91 Å². The zero-order chi connectivity index (χ0) is 23.8. The van der Waals surface area contributed by atoms with Gasteiger partial charge >= 0.3 is 5.69 Å². The molecule has 4 aromatic rings. The Kier molecular flexibility index (Phi) is 5.91. The van der Waals surface area contributed by atoms with Crippen molar-refractivity contribution in [3.05, 3.63) is 75.8 Å². The summed E-state index contributed by atoms with van der Waals surface area (Å²) in [6, 6.07) is 12.2. The van der Waals surface area contributed by atoms with Crippen molar-refractivity contribution in [2.75, 3.05) is 13.1 Å². The van der Waals surface area contributed by atoms with Gasteiger partial charge in [-0.15, -0.1) is 0 Å². The molecule has 1 unspecified atom stereocenters. The van der Waals surface area contributed by atoms with Gasteiger partial charge in [-0.1, -0.05) is 36.7 Å². The number of rotatable bonds is 5. The van der Waals surface area contributed by atoms with Crippen LogP contribution in [0.15, 0.2) is 53.5 Å². The van der Waals surface area contributed by atoms with E-state index in [9.17, 15) is 9.59 Å². The van der Waals surface area contributed by atoms with Crippen LogP contribution in [0.3, 0.4) is 0 Å². The number of likely N-dealkylation sites (tertiary alicyclic amines) is 1. The average molecular weight is 480 g/mol. The van der Waals surface area contributed by atoms with Gasteiger partial charge < -0.3 is 4.90 Å². The van der Waals surface area contributed by atoms with Crippen molar-refractivity contribution in [2.24, 2.45) is 5.92 Å². The molecule has 34 heavy (non-hydrogen) atoms. The number of pyridine rings is 1. The van der Waals surface area contributed by atoms with Crippen molar-refractivity contribution in [2.45, 2.75) is 26.2 Å². The lowest BCUT2D eigenvalue weighted by atomic mass is 10.0. The second-order valence-electron chi connectivity index (χ2n) is 8.56. The number of hydrogen-bond donors (Lipinski definition) is 1. The van der Waals surface area contributed by atoms with Gasteiger partial charge in [-0.2, -0.15) is 5.10 Å². The highest BCUT2D eigenvalue weighted by atomic mass is 35.5. The molecule has 174 valence electrons. The zero-order valence-electron chi connectivity index (χ0n) is 18.6. The van der Waals surface area contributed by atoms with Crippen LogP contribution in [0.5, 0.6) is 0 Å². The highest BCUT2D eigenvalue weighted by molar-refractivity contribution is 6.31. The second kappa shape index (κ2) is 9.02. The molecule has 0 saturated carbocycles. The first-order valence-corrected chi connectivity index (χ1v) is 11.6. The first-order valence-electron chi connectivity index (χ1n) is 11.2. The molecule has 1 fully saturated rings. The van der Waals surface area contributed by atoms with E-state index in [0.717, 1.165) is 22.9 Å². The molecule has 0 radical (unpaired) electrons. The number of halogens is 2. The SMILES string of the molecule is CCC(=O)N1CCC(Cc2n[nH]c(=O)n2-c2ccc(-c3ccc4cc(Cl)cnc4c3)cc2F)C1. The third kappa shape index (κ3) is 4.21. The van der Waals surface area contributed by atoms with E-state index in [1.165, 1.54) is 10.6 Å². The fourth-order valence-electron chi connectivity index (χ4n) is 4.56. The van der Waals surface area contributed by atoms with E-state index in [4.69, 9.17) is 11.6 Å². The predicted molar refractivity (Wildman–Crippen MR) is 129 cm³/mol. The summed E-state index contributed by atoms with van der Waals surface area (Å²) in [5, 5.41) is 8.04. The van der Waals surface area contributed by atoms with Crippen LogP contribution in [-0.4, -0.2) is 43.6 Å². The topological polar surface area (TPSA) is 83.9 Å². The van der Waals surface area contributed by atoms with E-state index in [1.54, 1.807) is 18.3 Å². The molecule has 1 amide bonds. The number of H-pyrrole nitrogens is 1. The third-order valence-corrected chi connectivity index (χ3v) is 6.53. The van der Waals surface area contributed by atoms with E-state index >= 15 is 4.39 Å². The predicted octanol–water partition coefficient (Wildman–Crippen LogP) is 4.37. The summed E-state index contributed by atoms with van der Waals surface area (Å²) in [7, 11) is 0. The van der Waals surface area contributed by atoms with E-state index in [2.05, 4.69) is 15.2 Å². The fourth-order valence-corrected chi connectivity index (χ4v) is 4.73. The minimum Gasteiger partial charge on any atom is -0.342 e. The number of carbonyl (C=O) groups is 1. The van der Waals surface area contributed by atoms with Crippen LogP contribution in [-0.2, 0) is 11.2 Å². The summed E-state index contributed by atoms with van der Waals surface area (Å²) >= 11 is 6.00. The van der Waals surface area contributed by atoms with Gasteiger partial charge in [-0.25, -0.2) is 18.9 Å². The van der Waals surface area contributed by atoms with Gasteiger partial charge in [0, 0.05) is 37.5 Å². The third-order valence-electron chi connectivity index (χ3n) is 6.33. The normalized spacial score (nSPS) is 15.9. The molecular formula is C25H23ClFN5O2. The fraction of sp³-hybridized carbons (Fsp3) is 0.280. The number of carbonyl (C=O) groups excluding carboxylic acids is 1. The van der Waals surface area contributed by atoms with Gasteiger partial charge in [0.1, 0.15) is 11.6 Å². The standard InChI is InChI=1S/C25H23ClFN5O2/c1-2-24(33)31-8-7-15(14-31)9-23-29-30-25(34)32(23)22-6-5-16(11-20(22)27)17-3-4-18-10-19(26)13-28-21(18)12-17/h3-6,10-13,15H,2,7-9,14H2,1H3,(H,30,34). The van der Waals surface area contributed by atoms with Crippen molar-refractivity contribution in [1.29, 1.82) is 0 Å². The lowest BCUT2D eigenvalue weighted by Crippen LogP contribution is -2.28. The lowest BCUT2D eigenvalue weighted by Gasteiger charge is -2.15. The van der Waals surface area contributed by atoms with Crippen LogP contribution < -0.4 is 5.69 Å². The second-order valence-corrected chi connectivity index (χ2v) is 9.00. The van der Waals surface area contributed by atoms with Crippen molar-refractivity contribution >= 4 is 28.4 Å². The maximum absolute atomic E-state index is 15.3. The van der Waals surface area contributed by atoms with Gasteiger partial charge in [-0.05, 0) is 47.7 Å². The molecule has 0 aliphatic carbocycles. The molecule has 1 N–H and O–H groups in total. The Bertz CT molecular complexity index is 1450. The van der Waals surface area contributed by atoms with Crippen LogP contribution in [0.2, 0.25) is 5.02 Å². The maximum atomic E-state index is 15.3. The number of nitrogens with zero attached hydrogens (tertiary/aromatic N) is 4. The summed E-state index contributed by atoms with van der Waals surface area (Å²) < 4.78 is 16.6. The highest BCUT2D eigenvalue weighted by Crippen LogP contribution is 2.28. The summed E-state index contributed by atoms with van der Waals surface area (Å²) in [6.45, 7) is 3.16. The van der Waals surface area contributed by atoms with Crippen LogP contribution in [0.25, 0.3) is 27.7 Å². The minimum absolute atomic E-state index is 0.121. The molecule has 3 heterocycles. The van der Waals surface area contributed by atoms with Crippen LogP contribution in [0.4, 0.5) is 4.39 Å². The number of fused-ring (bicyclic) bond motifs is 1. The van der Waals surface area contributed by atoms with Gasteiger partial charge in [0.05, 0.1) is 16.2 Å². The molecule has 2 aromatic heterocycles. The maximum Gasteiger partial charge on any atom is 0.348 e. The van der Waals surface area contributed by atoms with Crippen LogP contribution >= 0.6 is 11.6 Å². The molecular weight excluding hydrogens is 457 g/mol. The Hall–Kier alpha value is -3.52. The monoisotopic (exact) mass is 479 g/mol. The smallest absolute Gasteiger partial charge is 0.342 e. The highest BCUT2D eigenvalue weighted by Gasteiger charge is 2.27. The Morgan fingerprint density at radius 1 is 1.21 bits per heavy atom. The molecule has 0 bridgehead atoms. The Morgan fingerprint density at radius 2 is 2.00 bits per heavy atom. The molecule has 1 aliphatic heterocycles. The van der Waals surface area contributed by atoms with E-state index in [1.807, 2.05) is 36.1 Å². The minimum atomic E-state index is -0.527. The number of nitrogens with one attached hydrogen (secondary N) is 1. The van der Waals surface area contributed by atoms with E-state index in [-0.39, 0.29) is 17.5 Å². The van der Waals surface area contributed by atoms with Crippen molar-refractivity contribution in [3.63, 3.8) is 0 Å². The molecule has 1 aliphatic rings. The first kappa shape index (κ1) is 22.3. The molecule has 9 heteroatoms. The molecule has 7 nitrogen and oxygen atoms in total. The summed E-state index contributed by atoms with van der Waals surface area (Å²) in [4.78, 5) is 30.7. The number of benzene rings is 2. The van der Waals surface area contributed by atoms with Gasteiger partial charge in [0.15, 0.2) is 0 Å². The van der Waals surface area contributed by atoms with Crippen molar-refractivity contribution in [3.8, 4) is 16.8 Å². The quantitative estimate of drug-likeness (QED) is 0.460. The van der Waals surface area contributed by atoms with E-state index < -0.39 is 11.5 Å². The molecule has 1 atom stereocenters. The molecule has 2 aromatic carbocycles. The van der Waals surface area contributed by atoms with E-state index in [0.29, 0.717) is 42.3 Å². The Morgan fingerprint density at radius 3 is 2.79 bits per heavy atom. The average Bonchev–Trinajstić information content (AvgIpc) is 3.45. The summed E-state index contributed by atoms with van der Waals surface area (Å²) in [5.74, 6) is 0.223. The molecule has 0 spiro atoms.